The lowest BCUT2D eigenvalue weighted by Gasteiger charge is -2.18. The van der Waals surface area contributed by atoms with Gasteiger partial charge in [0.25, 0.3) is 5.89 Å². The third-order valence-electron chi connectivity index (χ3n) is 4.18. The maximum absolute atomic E-state index is 13.0. The summed E-state index contributed by atoms with van der Waals surface area (Å²) in [6.07, 6.45) is 1.71. The Morgan fingerprint density at radius 2 is 1.67 bits per heavy atom. The minimum Gasteiger partial charge on any atom is -0.355 e. The molecule has 0 spiro atoms. The molecular formula is C21H17FN4O. The Morgan fingerprint density at radius 3 is 2.37 bits per heavy atom. The highest BCUT2D eigenvalue weighted by Crippen LogP contribution is 2.23. The Hall–Kier alpha value is -3.54. The van der Waals surface area contributed by atoms with Crippen molar-refractivity contribution in [3.05, 3.63) is 84.3 Å². The molecule has 0 atom stereocenters. The molecule has 0 aliphatic heterocycles. The molecule has 0 radical (unpaired) electrons. The van der Waals surface area contributed by atoms with E-state index in [-0.39, 0.29) is 5.82 Å². The van der Waals surface area contributed by atoms with Crippen molar-refractivity contribution in [3.8, 4) is 22.8 Å². The largest absolute Gasteiger partial charge is 0.355 e. The molecule has 0 N–H and O–H groups in total. The van der Waals surface area contributed by atoms with E-state index in [1.165, 1.54) is 17.7 Å². The molecule has 134 valence electrons. The van der Waals surface area contributed by atoms with Crippen LogP contribution in [0.2, 0.25) is 0 Å². The highest BCUT2D eigenvalue weighted by molar-refractivity contribution is 5.60. The van der Waals surface area contributed by atoms with Crippen LogP contribution >= 0.6 is 0 Å². The second-order valence-corrected chi connectivity index (χ2v) is 6.18. The van der Waals surface area contributed by atoms with Crippen LogP contribution in [0.15, 0.2) is 77.4 Å². The number of nitrogens with zero attached hydrogens (tertiary/aromatic N) is 4. The highest BCUT2D eigenvalue weighted by Gasteiger charge is 2.12. The summed E-state index contributed by atoms with van der Waals surface area (Å²) in [7, 11) is 1.99. The Kier molecular flexibility index (Phi) is 4.61. The fraction of sp³-hybridized carbons (Fsp3) is 0.0952. The number of anilines is 1. The average Bonchev–Trinajstić information content (AvgIpc) is 3.20. The first-order valence-electron chi connectivity index (χ1n) is 8.50. The molecule has 0 amide bonds. The molecule has 0 saturated heterocycles. The lowest BCUT2D eigenvalue weighted by Crippen LogP contribution is -2.17. The quantitative estimate of drug-likeness (QED) is 0.522. The lowest BCUT2D eigenvalue weighted by atomic mass is 10.2. The number of rotatable bonds is 5. The smallest absolute Gasteiger partial charge is 0.259 e. The van der Waals surface area contributed by atoms with Gasteiger partial charge in [0, 0.05) is 25.4 Å². The van der Waals surface area contributed by atoms with Gasteiger partial charge in [-0.05, 0) is 42.0 Å². The lowest BCUT2D eigenvalue weighted by molar-refractivity contribution is 0.432. The zero-order valence-corrected chi connectivity index (χ0v) is 14.7. The summed E-state index contributed by atoms with van der Waals surface area (Å²) in [6, 6.07) is 20.0. The van der Waals surface area contributed by atoms with Gasteiger partial charge < -0.3 is 9.42 Å². The fourth-order valence-corrected chi connectivity index (χ4v) is 2.73. The standard InChI is InChI=1S/C21H17FN4O/c1-26(14-15-5-3-2-4-6-15)19-12-9-17(13-23-19)21-24-20(25-27-21)16-7-10-18(22)11-8-16/h2-13H,14H2,1H3. The molecule has 6 heteroatoms. The molecule has 5 nitrogen and oxygen atoms in total. The van der Waals surface area contributed by atoms with Gasteiger partial charge in [-0.15, -0.1) is 0 Å². The van der Waals surface area contributed by atoms with Crippen LogP contribution in [0.5, 0.6) is 0 Å². The summed E-state index contributed by atoms with van der Waals surface area (Å²) in [5.74, 6) is 1.33. The minimum atomic E-state index is -0.304. The van der Waals surface area contributed by atoms with Crippen LogP contribution in [-0.2, 0) is 6.54 Å². The summed E-state index contributed by atoms with van der Waals surface area (Å²) in [6.45, 7) is 0.766. The number of hydrogen-bond donors (Lipinski definition) is 0. The molecule has 0 aliphatic carbocycles. The predicted molar refractivity (Wildman–Crippen MR) is 101 cm³/mol. The van der Waals surface area contributed by atoms with Crippen LogP contribution in [0.1, 0.15) is 5.56 Å². The van der Waals surface area contributed by atoms with E-state index < -0.39 is 0 Å². The van der Waals surface area contributed by atoms with Gasteiger partial charge in [0.15, 0.2) is 0 Å². The minimum absolute atomic E-state index is 0.304. The molecule has 0 saturated carbocycles. The molecule has 27 heavy (non-hydrogen) atoms. The zero-order valence-electron chi connectivity index (χ0n) is 14.7. The topological polar surface area (TPSA) is 55.1 Å². The normalized spacial score (nSPS) is 10.7. The Balaban J connectivity index is 1.50. The predicted octanol–water partition coefficient (Wildman–Crippen LogP) is 4.57. The molecule has 2 heterocycles. The van der Waals surface area contributed by atoms with Crippen molar-refractivity contribution in [1.29, 1.82) is 0 Å². The molecule has 0 aliphatic rings. The van der Waals surface area contributed by atoms with E-state index in [1.807, 2.05) is 37.4 Å². The van der Waals surface area contributed by atoms with E-state index in [0.29, 0.717) is 17.3 Å². The summed E-state index contributed by atoms with van der Waals surface area (Å²) in [4.78, 5) is 10.9. The Bertz CT molecular complexity index is 1010. The molecular weight excluding hydrogens is 343 g/mol. The maximum Gasteiger partial charge on any atom is 0.259 e. The van der Waals surface area contributed by atoms with Gasteiger partial charge in [-0.2, -0.15) is 4.98 Å². The first-order valence-corrected chi connectivity index (χ1v) is 8.50. The summed E-state index contributed by atoms with van der Waals surface area (Å²) in [5.41, 5.74) is 2.64. The van der Waals surface area contributed by atoms with Crippen LogP contribution in [0.4, 0.5) is 10.2 Å². The number of benzene rings is 2. The molecule has 2 aromatic carbocycles. The number of halogens is 1. The zero-order chi connectivity index (χ0) is 18.6. The molecule has 0 bridgehead atoms. The monoisotopic (exact) mass is 360 g/mol. The van der Waals surface area contributed by atoms with Gasteiger partial charge in [0.05, 0.1) is 5.56 Å². The first kappa shape index (κ1) is 16.9. The molecule has 0 fully saturated rings. The first-order chi connectivity index (χ1) is 13.2. The number of aromatic nitrogens is 3. The van der Waals surface area contributed by atoms with Crippen LogP contribution in [0.3, 0.4) is 0 Å². The van der Waals surface area contributed by atoms with Gasteiger partial charge in [-0.3, -0.25) is 0 Å². The van der Waals surface area contributed by atoms with Crippen molar-refractivity contribution < 1.29 is 8.91 Å². The van der Waals surface area contributed by atoms with Crippen molar-refractivity contribution in [2.75, 3.05) is 11.9 Å². The third-order valence-corrected chi connectivity index (χ3v) is 4.18. The van der Waals surface area contributed by atoms with E-state index in [2.05, 4.69) is 32.2 Å². The van der Waals surface area contributed by atoms with Gasteiger partial charge >= 0.3 is 0 Å². The van der Waals surface area contributed by atoms with Crippen LogP contribution in [0.25, 0.3) is 22.8 Å². The summed E-state index contributed by atoms with van der Waals surface area (Å²) >= 11 is 0. The van der Waals surface area contributed by atoms with Crippen molar-refractivity contribution in [1.82, 2.24) is 15.1 Å². The van der Waals surface area contributed by atoms with Crippen molar-refractivity contribution in [2.24, 2.45) is 0 Å². The summed E-state index contributed by atoms with van der Waals surface area (Å²) < 4.78 is 18.4. The fourth-order valence-electron chi connectivity index (χ4n) is 2.73. The van der Waals surface area contributed by atoms with Gasteiger partial charge in [-0.25, -0.2) is 9.37 Å². The summed E-state index contributed by atoms with van der Waals surface area (Å²) in [5, 5.41) is 3.96. The second kappa shape index (κ2) is 7.37. The Labute approximate surface area is 156 Å². The SMILES string of the molecule is CN(Cc1ccccc1)c1ccc(-c2nc(-c3ccc(F)cc3)no2)cn1. The second-order valence-electron chi connectivity index (χ2n) is 6.18. The number of pyridine rings is 1. The average molecular weight is 360 g/mol. The molecule has 4 rings (SSSR count). The number of hydrogen-bond acceptors (Lipinski definition) is 5. The molecule has 0 unspecified atom stereocenters. The molecule has 4 aromatic rings. The van der Waals surface area contributed by atoms with Crippen molar-refractivity contribution >= 4 is 5.82 Å². The highest BCUT2D eigenvalue weighted by atomic mass is 19.1. The van der Waals surface area contributed by atoms with E-state index in [0.717, 1.165) is 17.9 Å². The van der Waals surface area contributed by atoms with Crippen LogP contribution in [0, 0.1) is 5.82 Å². The van der Waals surface area contributed by atoms with Crippen LogP contribution < -0.4 is 4.90 Å². The van der Waals surface area contributed by atoms with Gasteiger partial charge in [-0.1, -0.05) is 35.5 Å². The Morgan fingerprint density at radius 1 is 0.926 bits per heavy atom. The third kappa shape index (κ3) is 3.84. The van der Waals surface area contributed by atoms with E-state index in [1.54, 1.807) is 18.3 Å². The van der Waals surface area contributed by atoms with Crippen LogP contribution in [-0.4, -0.2) is 22.2 Å². The van der Waals surface area contributed by atoms with Gasteiger partial charge in [0.2, 0.25) is 5.82 Å². The maximum atomic E-state index is 13.0. The van der Waals surface area contributed by atoms with Crippen molar-refractivity contribution in [3.63, 3.8) is 0 Å². The molecule has 2 aromatic heterocycles. The van der Waals surface area contributed by atoms with E-state index >= 15 is 0 Å². The van der Waals surface area contributed by atoms with E-state index in [9.17, 15) is 4.39 Å². The van der Waals surface area contributed by atoms with Crippen molar-refractivity contribution in [2.45, 2.75) is 6.54 Å². The van der Waals surface area contributed by atoms with Gasteiger partial charge in [0.1, 0.15) is 11.6 Å². The van der Waals surface area contributed by atoms with E-state index in [4.69, 9.17) is 4.52 Å².